The van der Waals surface area contributed by atoms with Gasteiger partial charge in [-0.2, -0.15) is 0 Å². The molecule has 5 nitrogen and oxygen atoms in total. The minimum Gasteiger partial charge on any atom is -0.493 e. The SMILES string of the molecule is COc1ccc(CNC(=O)CCc2ccc(C(C)(C)C)cc2)c(OC)c1OC. The molecule has 0 aliphatic heterocycles. The smallest absolute Gasteiger partial charge is 0.220 e. The molecule has 2 aromatic carbocycles. The molecule has 0 saturated heterocycles. The molecule has 0 unspecified atom stereocenters. The van der Waals surface area contributed by atoms with E-state index in [2.05, 4.69) is 50.4 Å². The molecule has 1 N–H and O–H groups in total. The molecule has 0 saturated carbocycles. The Bertz CT molecular complexity index is 791. The summed E-state index contributed by atoms with van der Waals surface area (Å²) < 4.78 is 16.1. The highest BCUT2D eigenvalue weighted by Crippen LogP contribution is 2.39. The monoisotopic (exact) mass is 385 g/mol. The summed E-state index contributed by atoms with van der Waals surface area (Å²) in [6.45, 7) is 6.94. The highest BCUT2D eigenvalue weighted by molar-refractivity contribution is 5.76. The normalized spacial score (nSPS) is 11.1. The van der Waals surface area contributed by atoms with Crippen LogP contribution in [0, 0.1) is 0 Å². The second kappa shape index (κ2) is 9.49. The van der Waals surface area contributed by atoms with Crippen LogP contribution in [-0.4, -0.2) is 27.2 Å². The van der Waals surface area contributed by atoms with Crippen LogP contribution in [0.5, 0.6) is 17.2 Å². The Hall–Kier alpha value is -2.69. The second-order valence-corrected chi connectivity index (χ2v) is 7.72. The lowest BCUT2D eigenvalue weighted by Gasteiger charge is -2.19. The minimum absolute atomic E-state index is 0.00302. The Morgan fingerprint density at radius 3 is 2.07 bits per heavy atom. The topological polar surface area (TPSA) is 56.8 Å². The third kappa shape index (κ3) is 5.41. The van der Waals surface area contributed by atoms with Crippen LogP contribution in [0.15, 0.2) is 36.4 Å². The van der Waals surface area contributed by atoms with Crippen LogP contribution in [0.25, 0.3) is 0 Å². The van der Waals surface area contributed by atoms with Crippen LogP contribution in [0.1, 0.15) is 43.9 Å². The van der Waals surface area contributed by atoms with Gasteiger partial charge in [0, 0.05) is 18.5 Å². The molecular weight excluding hydrogens is 354 g/mol. The maximum Gasteiger partial charge on any atom is 0.220 e. The Morgan fingerprint density at radius 2 is 1.54 bits per heavy atom. The highest BCUT2D eigenvalue weighted by Gasteiger charge is 2.16. The number of hydrogen-bond donors (Lipinski definition) is 1. The fourth-order valence-corrected chi connectivity index (χ4v) is 3.01. The van der Waals surface area contributed by atoms with E-state index in [0.717, 1.165) is 11.1 Å². The molecule has 0 aromatic heterocycles. The highest BCUT2D eigenvalue weighted by atomic mass is 16.5. The van der Waals surface area contributed by atoms with Gasteiger partial charge in [-0.1, -0.05) is 45.0 Å². The van der Waals surface area contributed by atoms with Crippen LogP contribution < -0.4 is 19.5 Å². The van der Waals surface area contributed by atoms with Gasteiger partial charge in [0.15, 0.2) is 11.5 Å². The van der Waals surface area contributed by atoms with Crippen LogP contribution in [0.2, 0.25) is 0 Å². The van der Waals surface area contributed by atoms with Gasteiger partial charge < -0.3 is 19.5 Å². The van der Waals surface area contributed by atoms with E-state index in [-0.39, 0.29) is 11.3 Å². The third-order valence-corrected chi connectivity index (χ3v) is 4.72. The molecule has 0 atom stereocenters. The maximum absolute atomic E-state index is 12.3. The summed E-state index contributed by atoms with van der Waals surface area (Å²) in [6.07, 6.45) is 1.14. The summed E-state index contributed by atoms with van der Waals surface area (Å²) in [4.78, 5) is 12.3. The fourth-order valence-electron chi connectivity index (χ4n) is 3.01. The van der Waals surface area contributed by atoms with Gasteiger partial charge in [-0.25, -0.2) is 0 Å². The molecule has 5 heteroatoms. The molecule has 0 bridgehead atoms. The largest absolute Gasteiger partial charge is 0.493 e. The number of hydrogen-bond acceptors (Lipinski definition) is 4. The van der Waals surface area contributed by atoms with Crippen molar-refractivity contribution in [3.63, 3.8) is 0 Å². The molecule has 0 radical (unpaired) electrons. The minimum atomic E-state index is -0.00302. The summed E-state index contributed by atoms with van der Waals surface area (Å²) in [5.41, 5.74) is 3.42. The third-order valence-electron chi connectivity index (χ3n) is 4.72. The van der Waals surface area contributed by atoms with Crippen molar-refractivity contribution in [2.75, 3.05) is 21.3 Å². The Labute approximate surface area is 168 Å². The van der Waals surface area contributed by atoms with Gasteiger partial charge >= 0.3 is 0 Å². The first-order valence-corrected chi connectivity index (χ1v) is 9.44. The van der Waals surface area contributed by atoms with Gasteiger partial charge in [0.1, 0.15) is 0 Å². The van der Waals surface area contributed by atoms with E-state index >= 15 is 0 Å². The van der Waals surface area contributed by atoms with Gasteiger partial charge in [0.05, 0.1) is 21.3 Å². The zero-order valence-electron chi connectivity index (χ0n) is 17.7. The van der Waals surface area contributed by atoms with Gasteiger partial charge in [0.2, 0.25) is 11.7 Å². The van der Waals surface area contributed by atoms with Crippen LogP contribution in [-0.2, 0) is 23.2 Å². The van der Waals surface area contributed by atoms with Crippen molar-refractivity contribution in [1.29, 1.82) is 0 Å². The van der Waals surface area contributed by atoms with Crippen LogP contribution in [0.4, 0.5) is 0 Å². The first-order chi connectivity index (χ1) is 13.3. The van der Waals surface area contributed by atoms with Crippen LogP contribution >= 0.6 is 0 Å². The average molecular weight is 386 g/mol. The molecule has 2 aromatic rings. The number of carbonyl (C=O) groups excluding carboxylic acids is 1. The van der Waals surface area contributed by atoms with Crippen molar-refractivity contribution in [2.24, 2.45) is 0 Å². The van der Waals surface area contributed by atoms with E-state index in [1.165, 1.54) is 5.56 Å². The Balaban J connectivity index is 1.94. The quantitative estimate of drug-likeness (QED) is 0.738. The predicted molar refractivity (Wildman–Crippen MR) is 111 cm³/mol. The summed E-state index contributed by atoms with van der Waals surface area (Å²) >= 11 is 0. The number of benzene rings is 2. The summed E-state index contributed by atoms with van der Waals surface area (Å²) in [6, 6.07) is 12.2. The van der Waals surface area contributed by atoms with Gasteiger partial charge in [-0.3, -0.25) is 4.79 Å². The van der Waals surface area contributed by atoms with Crippen molar-refractivity contribution in [1.82, 2.24) is 5.32 Å². The fraction of sp³-hybridized carbons (Fsp3) is 0.435. The molecule has 1 amide bonds. The molecule has 0 aliphatic carbocycles. The predicted octanol–water partition coefficient (Wildman–Crippen LogP) is 4.26. The number of nitrogens with one attached hydrogen (secondary N) is 1. The van der Waals surface area contributed by atoms with E-state index in [1.807, 2.05) is 6.07 Å². The molecule has 0 heterocycles. The number of methoxy groups -OCH3 is 3. The number of rotatable bonds is 8. The zero-order valence-corrected chi connectivity index (χ0v) is 17.7. The number of amides is 1. The van der Waals surface area contributed by atoms with Gasteiger partial charge in [0.25, 0.3) is 0 Å². The summed E-state index contributed by atoms with van der Waals surface area (Å²) in [5.74, 6) is 1.68. The molecule has 0 fully saturated rings. The first-order valence-electron chi connectivity index (χ1n) is 9.44. The standard InChI is InChI=1S/C23H31NO4/c1-23(2,3)18-11-7-16(8-12-18)9-14-20(25)24-15-17-10-13-19(26-4)22(28-6)21(17)27-5/h7-8,10-13H,9,14-15H2,1-6H3,(H,24,25). The molecular formula is C23H31NO4. The van der Waals surface area contributed by atoms with E-state index in [1.54, 1.807) is 27.4 Å². The lowest BCUT2D eigenvalue weighted by molar-refractivity contribution is -0.121. The van der Waals surface area contributed by atoms with Crippen molar-refractivity contribution in [3.8, 4) is 17.2 Å². The molecule has 28 heavy (non-hydrogen) atoms. The maximum atomic E-state index is 12.3. The van der Waals surface area contributed by atoms with E-state index in [9.17, 15) is 4.79 Å². The first kappa shape index (κ1) is 21.6. The van der Waals surface area contributed by atoms with Crippen LogP contribution in [0.3, 0.4) is 0 Å². The van der Waals surface area contributed by atoms with E-state index < -0.39 is 0 Å². The van der Waals surface area contributed by atoms with Crippen molar-refractivity contribution in [2.45, 2.75) is 45.6 Å². The number of aryl methyl sites for hydroxylation is 1. The molecule has 0 aliphatic rings. The average Bonchev–Trinajstić information content (AvgIpc) is 2.69. The molecule has 0 spiro atoms. The lowest BCUT2D eigenvalue weighted by atomic mass is 9.86. The number of carbonyl (C=O) groups is 1. The van der Waals surface area contributed by atoms with E-state index in [0.29, 0.717) is 36.6 Å². The van der Waals surface area contributed by atoms with Crippen molar-refractivity contribution < 1.29 is 19.0 Å². The summed E-state index contributed by atoms with van der Waals surface area (Å²) in [7, 11) is 4.71. The molecule has 2 rings (SSSR count). The van der Waals surface area contributed by atoms with Gasteiger partial charge in [-0.15, -0.1) is 0 Å². The number of ether oxygens (including phenoxy) is 3. The molecule has 152 valence electrons. The zero-order chi connectivity index (χ0) is 20.7. The van der Waals surface area contributed by atoms with Gasteiger partial charge in [-0.05, 0) is 35.1 Å². The van der Waals surface area contributed by atoms with Crippen molar-refractivity contribution >= 4 is 5.91 Å². The van der Waals surface area contributed by atoms with E-state index in [4.69, 9.17) is 14.2 Å². The lowest BCUT2D eigenvalue weighted by Crippen LogP contribution is -2.23. The Kier molecular flexibility index (Phi) is 7.32. The summed E-state index contributed by atoms with van der Waals surface area (Å²) in [5, 5.41) is 2.95. The second-order valence-electron chi connectivity index (χ2n) is 7.72. The Morgan fingerprint density at radius 1 is 0.893 bits per heavy atom. The van der Waals surface area contributed by atoms with Crippen molar-refractivity contribution in [3.05, 3.63) is 53.1 Å².